The Bertz CT molecular complexity index is 1460. The van der Waals surface area contributed by atoms with Crippen molar-refractivity contribution in [2.24, 2.45) is 0 Å². The van der Waals surface area contributed by atoms with Crippen LogP contribution in [0.4, 0.5) is 5.69 Å². The SMILES string of the molecule is CCCCNC(=O)C(CC)N(Cc1c(Cl)cccc1Cl)C(=O)CN(c1ccc(OCC)cc1)S(=O)(=O)c1ccc(C)cc1. The molecule has 3 aromatic carbocycles. The molecule has 0 aliphatic heterocycles. The predicted molar refractivity (Wildman–Crippen MR) is 172 cm³/mol. The number of rotatable bonds is 15. The monoisotopic (exact) mass is 647 g/mol. The van der Waals surface area contributed by atoms with Gasteiger partial charge >= 0.3 is 0 Å². The summed E-state index contributed by atoms with van der Waals surface area (Å²) < 4.78 is 34.6. The smallest absolute Gasteiger partial charge is 0.264 e. The molecule has 2 amide bonds. The zero-order valence-corrected chi connectivity index (χ0v) is 27.3. The second-order valence-electron chi connectivity index (χ2n) is 10.0. The van der Waals surface area contributed by atoms with Gasteiger partial charge in [-0.25, -0.2) is 8.42 Å². The predicted octanol–water partition coefficient (Wildman–Crippen LogP) is 6.62. The van der Waals surface area contributed by atoms with Gasteiger partial charge in [0.05, 0.1) is 17.2 Å². The Morgan fingerprint density at radius 1 is 0.930 bits per heavy atom. The molecule has 0 aromatic heterocycles. The van der Waals surface area contributed by atoms with Crippen molar-refractivity contribution in [2.75, 3.05) is 24.0 Å². The van der Waals surface area contributed by atoms with Crippen LogP contribution in [0.5, 0.6) is 5.75 Å². The van der Waals surface area contributed by atoms with Crippen molar-refractivity contribution < 1.29 is 22.7 Å². The second kappa shape index (κ2) is 16.0. The summed E-state index contributed by atoms with van der Waals surface area (Å²) in [4.78, 5) is 29.0. The van der Waals surface area contributed by atoms with E-state index in [9.17, 15) is 18.0 Å². The Kier molecular flexibility index (Phi) is 12.7. The summed E-state index contributed by atoms with van der Waals surface area (Å²) in [7, 11) is -4.19. The molecular formula is C32H39Cl2N3O5S. The van der Waals surface area contributed by atoms with Crippen LogP contribution in [-0.2, 0) is 26.2 Å². The lowest BCUT2D eigenvalue weighted by atomic mass is 10.1. The van der Waals surface area contributed by atoms with Gasteiger partial charge in [-0.1, -0.05) is 67.2 Å². The number of nitrogens with one attached hydrogen (secondary N) is 1. The third-order valence-corrected chi connectivity index (χ3v) is 9.43. The first-order valence-electron chi connectivity index (χ1n) is 14.4. The Morgan fingerprint density at radius 2 is 1.56 bits per heavy atom. The molecule has 0 spiro atoms. The topological polar surface area (TPSA) is 96.0 Å². The molecule has 1 N–H and O–H groups in total. The van der Waals surface area contributed by atoms with Gasteiger partial charge in [-0.3, -0.25) is 13.9 Å². The average molecular weight is 649 g/mol. The van der Waals surface area contributed by atoms with Crippen LogP contribution < -0.4 is 14.4 Å². The maximum atomic E-state index is 14.2. The van der Waals surface area contributed by atoms with E-state index in [0.29, 0.717) is 40.9 Å². The summed E-state index contributed by atoms with van der Waals surface area (Å²) in [6.07, 6.45) is 1.97. The molecule has 3 aromatic rings. The van der Waals surface area contributed by atoms with E-state index in [0.717, 1.165) is 22.7 Å². The van der Waals surface area contributed by atoms with E-state index in [1.807, 2.05) is 20.8 Å². The van der Waals surface area contributed by atoms with Gasteiger partial charge in [0.2, 0.25) is 11.8 Å². The lowest BCUT2D eigenvalue weighted by Gasteiger charge is -2.33. The highest BCUT2D eigenvalue weighted by Crippen LogP contribution is 2.29. The number of carbonyl (C=O) groups is 2. The zero-order valence-electron chi connectivity index (χ0n) is 25.0. The lowest BCUT2D eigenvalue weighted by Crippen LogP contribution is -2.52. The molecule has 0 radical (unpaired) electrons. The van der Waals surface area contributed by atoms with Crippen LogP contribution in [0, 0.1) is 6.92 Å². The van der Waals surface area contributed by atoms with Crippen molar-refractivity contribution in [3.63, 3.8) is 0 Å². The Hall–Kier alpha value is -3.27. The van der Waals surface area contributed by atoms with Crippen molar-refractivity contribution in [3.8, 4) is 5.75 Å². The number of benzene rings is 3. The van der Waals surface area contributed by atoms with Gasteiger partial charge in [0.1, 0.15) is 18.3 Å². The van der Waals surface area contributed by atoms with E-state index in [4.69, 9.17) is 27.9 Å². The normalized spacial score (nSPS) is 12.0. The molecule has 43 heavy (non-hydrogen) atoms. The first-order valence-corrected chi connectivity index (χ1v) is 16.5. The van der Waals surface area contributed by atoms with Gasteiger partial charge in [0.25, 0.3) is 10.0 Å². The van der Waals surface area contributed by atoms with Crippen LogP contribution in [0.1, 0.15) is 51.2 Å². The largest absolute Gasteiger partial charge is 0.494 e. The Balaban J connectivity index is 2.08. The number of hydrogen-bond acceptors (Lipinski definition) is 5. The highest BCUT2D eigenvalue weighted by Gasteiger charge is 2.34. The summed E-state index contributed by atoms with van der Waals surface area (Å²) in [5, 5.41) is 3.58. The van der Waals surface area contributed by atoms with Crippen LogP contribution in [0.3, 0.4) is 0 Å². The molecule has 232 valence electrons. The highest BCUT2D eigenvalue weighted by molar-refractivity contribution is 7.92. The minimum Gasteiger partial charge on any atom is -0.494 e. The van der Waals surface area contributed by atoms with E-state index >= 15 is 0 Å². The first-order chi connectivity index (χ1) is 20.5. The highest BCUT2D eigenvalue weighted by atomic mass is 35.5. The van der Waals surface area contributed by atoms with Crippen molar-refractivity contribution in [1.82, 2.24) is 10.2 Å². The van der Waals surface area contributed by atoms with Crippen molar-refractivity contribution in [2.45, 2.75) is 64.4 Å². The first kappa shape index (κ1) is 34.2. The molecule has 0 aliphatic carbocycles. The molecule has 1 unspecified atom stereocenters. The Labute approximate surface area is 265 Å². The van der Waals surface area contributed by atoms with Gasteiger partial charge in [0, 0.05) is 28.7 Å². The number of amides is 2. The van der Waals surface area contributed by atoms with Crippen molar-refractivity contribution in [3.05, 3.63) is 87.9 Å². The number of aryl methyl sites for hydroxylation is 1. The van der Waals surface area contributed by atoms with Gasteiger partial charge < -0.3 is 15.0 Å². The molecule has 11 heteroatoms. The molecular weight excluding hydrogens is 609 g/mol. The van der Waals surface area contributed by atoms with Gasteiger partial charge in [-0.2, -0.15) is 0 Å². The third kappa shape index (κ3) is 8.87. The quantitative estimate of drug-likeness (QED) is 0.187. The summed E-state index contributed by atoms with van der Waals surface area (Å²) in [6, 6.07) is 17.0. The molecule has 0 saturated carbocycles. The molecule has 8 nitrogen and oxygen atoms in total. The number of carbonyl (C=O) groups excluding carboxylic acids is 2. The summed E-state index contributed by atoms with van der Waals surface area (Å²) in [5.74, 6) is -0.352. The van der Waals surface area contributed by atoms with E-state index < -0.39 is 28.5 Å². The van der Waals surface area contributed by atoms with Gasteiger partial charge in [-0.15, -0.1) is 0 Å². The van der Waals surface area contributed by atoms with E-state index in [2.05, 4.69) is 5.32 Å². The number of anilines is 1. The van der Waals surface area contributed by atoms with Crippen LogP contribution in [0.25, 0.3) is 0 Å². The second-order valence-corrected chi connectivity index (χ2v) is 12.7. The maximum Gasteiger partial charge on any atom is 0.264 e. The average Bonchev–Trinajstić information content (AvgIpc) is 2.98. The van der Waals surface area contributed by atoms with Crippen LogP contribution in [0.15, 0.2) is 71.6 Å². The molecule has 0 fully saturated rings. The number of nitrogens with zero attached hydrogens (tertiary/aromatic N) is 2. The van der Waals surface area contributed by atoms with Crippen LogP contribution in [0.2, 0.25) is 10.0 Å². The number of sulfonamides is 1. The van der Waals surface area contributed by atoms with Crippen molar-refractivity contribution >= 4 is 50.7 Å². The molecule has 0 saturated heterocycles. The Morgan fingerprint density at radius 3 is 2.12 bits per heavy atom. The fourth-order valence-corrected chi connectivity index (χ4v) is 6.45. The van der Waals surface area contributed by atoms with Crippen molar-refractivity contribution in [1.29, 1.82) is 0 Å². The van der Waals surface area contributed by atoms with E-state index in [1.54, 1.807) is 61.5 Å². The molecule has 3 rings (SSSR count). The maximum absolute atomic E-state index is 14.2. The molecule has 0 heterocycles. The van der Waals surface area contributed by atoms with Gasteiger partial charge in [0.15, 0.2) is 0 Å². The minimum atomic E-state index is -4.19. The molecule has 0 bridgehead atoms. The molecule has 1 atom stereocenters. The zero-order chi connectivity index (χ0) is 31.6. The van der Waals surface area contributed by atoms with E-state index in [-0.39, 0.29) is 23.0 Å². The standard InChI is InChI=1S/C32H39Cl2N3O5S/c1-5-8-20-35-32(39)30(6-2)36(21-27-28(33)10-9-11-29(27)34)31(38)22-37(24-14-16-25(17-15-24)42-7-3)43(40,41)26-18-12-23(4)13-19-26/h9-19,30H,5-8,20-22H2,1-4H3,(H,35,39). The number of unbranched alkanes of at least 4 members (excludes halogenated alkanes) is 1. The summed E-state index contributed by atoms with van der Waals surface area (Å²) in [5.41, 5.74) is 1.63. The lowest BCUT2D eigenvalue weighted by molar-refractivity contribution is -0.140. The van der Waals surface area contributed by atoms with Crippen LogP contribution >= 0.6 is 23.2 Å². The van der Waals surface area contributed by atoms with Crippen LogP contribution in [-0.4, -0.2) is 50.9 Å². The van der Waals surface area contributed by atoms with E-state index in [1.165, 1.54) is 17.0 Å². The fourth-order valence-electron chi connectivity index (χ4n) is 4.52. The number of hydrogen-bond donors (Lipinski definition) is 1. The minimum absolute atomic E-state index is 0.0323. The summed E-state index contributed by atoms with van der Waals surface area (Å²) in [6.45, 7) is 7.78. The fraction of sp³-hybridized carbons (Fsp3) is 0.375. The third-order valence-electron chi connectivity index (χ3n) is 6.93. The molecule has 0 aliphatic rings. The number of ether oxygens (including phenoxy) is 1. The van der Waals surface area contributed by atoms with Gasteiger partial charge in [-0.05, 0) is 75.2 Å². The number of halogens is 2. The summed E-state index contributed by atoms with van der Waals surface area (Å²) >= 11 is 12.9.